The zero-order valence-corrected chi connectivity index (χ0v) is 17.2. The van der Waals surface area contributed by atoms with Gasteiger partial charge in [0, 0.05) is 32.5 Å². The van der Waals surface area contributed by atoms with Crippen molar-refractivity contribution in [1.82, 2.24) is 19.7 Å². The second-order valence-electron chi connectivity index (χ2n) is 8.40. The fraction of sp³-hybridized carbons (Fsp3) is 0.440. The molecule has 29 heavy (non-hydrogen) atoms. The Hall–Kier alpha value is -2.46. The Balaban J connectivity index is 1.19. The van der Waals surface area contributed by atoms with Crippen LogP contribution in [0.25, 0.3) is 16.3 Å². The van der Waals surface area contributed by atoms with Crippen LogP contribution >= 0.6 is 0 Å². The Morgan fingerprint density at radius 3 is 2.72 bits per heavy atom. The van der Waals surface area contributed by atoms with Gasteiger partial charge in [0.1, 0.15) is 11.6 Å². The average molecular weight is 387 g/mol. The molecule has 0 saturated carbocycles. The van der Waals surface area contributed by atoms with Crippen LogP contribution in [0.3, 0.4) is 0 Å². The largest absolute Gasteiger partial charge is 0.315 e. The minimum absolute atomic E-state index is 1.05. The molecular formula is C25H30N4. The molecule has 5 rings (SSSR count). The highest BCUT2D eigenvalue weighted by Gasteiger charge is 2.17. The summed E-state index contributed by atoms with van der Waals surface area (Å²) in [5.41, 5.74) is 2.91. The molecule has 0 unspecified atom stereocenters. The third-order valence-corrected chi connectivity index (χ3v) is 6.49. The SMILES string of the molecule is C1=C(c2cccc3ccccc23)CCN(CCCc2nnc3n2CCCCC3)C1. The summed E-state index contributed by atoms with van der Waals surface area (Å²) >= 11 is 0. The Morgan fingerprint density at radius 1 is 0.862 bits per heavy atom. The van der Waals surface area contributed by atoms with Gasteiger partial charge in [-0.15, -0.1) is 10.2 Å². The molecular weight excluding hydrogens is 356 g/mol. The van der Waals surface area contributed by atoms with Gasteiger partial charge >= 0.3 is 0 Å². The van der Waals surface area contributed by atoms with E-state index in [2.05, 4.69) is 68.2 Å². The van der Waals surface area contributed by atoms with E-state index >= 15 is 0 Å². The summed E-state index contributed by atoms with van der Waals surface area (Å²) < 4.78 is 2.39. The molecule has 0 saturated heterocycles. The van der Waals surface area contributed by atoms with E-state index in [4.69, 9.17) is 0 Å². The van der Waals surface area contributed by atoms with E-state index in [0.717, 1.165) is 51.9 Å². The van der Waals surface area contributed by atoms with Crippen LogP contribution in [0.5, 0.6) is 0 Å². The number of benzene rings is 2. The fourth-order valence-electron chi connectivity index (χ4n) is 4.86. The van der Waals surface area contributed by atoms with Gasteiger partial charge in [-0.3, -0.25) is 4.90 Å². The second kappa shape index (κ2) is 8.50. The molecule has 0 aliphatic carbocycles. The van der Waals surface area contributed by atoms with E-state index in [0.29, 0.717) is 0 Å². The zero-order valence-electron chi connectivity index (χ0n) is 17.2. The van der Waals surface area contributed by atoms with Gasteiger partial charge in [0.15, 0.2) is 0 Å². The Kier molecular flexibility index (Phi) is 5.44. The van der Waals surface area contributed by atoms with Crippen molar-refractivity contribution < 1.29 is 0 Å². The van der Waals surface area contributed by atoms with Gasteiger partial charge in [-0.25, -0.2) is 0 Å². The standard InChI is InChI=1S/C25H30N4/c1-2-12-24-26-27-25(29(24)17-5-1)13-7-16-28-18-14-21(15-19-28)23-11-6-9-20-8-3-4-10-22(20)23/h3-4,6,8-11,14H,1-2,5,7,12-13,15-19H2. The maximum absolute atomic E-state index is 4.49. The number of fused-ring (bicyclic) bond motifs is 2. The molecule has 0 N–H and O–H groups in total. The summed E-state index contributed by atoms with van der Waals surface area (Å²) in [5, 5.41) is 11.6. The highest BCUT2D eigenvalue weighted by Crippen LogP contribution is 2.29. The number of hydrogen-bond acceptors (Lipinski definition) is 3. The summed E-state index contributed by atoms with van der Waals surface area (Å²) in [7, 11) is 0. The van der Waals surface area contributed by atoms with E-state index in [1.807, 2.05) is 0 Å². The van der Waals surface area contributed by atoms with Crippen molar-refractivity contribution in [3.63, 3.8) is 0 Å². The van der Waals surface area contributed by atoms with Crippen LogP contribution in [0, 0.1) is 0 Å². The van der Waals surface area contributed by atoms with Crippen LogP contribution < -0.4 is 0 Å². The fourth-order valence-corrected chi connectivity index (χ4v) is 4.86. The lowest BCUT2D eigenvalue weighted by molar-refractivity contribution is 0.296. The summed E-state index contributed by atoms with van der Waals surface area (Å²) in [5.74, 6) is 2.41. The first-order valence-corrected chi connectivity index (χ1v) is 11.2. The maximum Gasteiger partial charge on any atom is 0.133 e. The molecule has 2 aliphatic heterocycles. The monoisotopic (exact) mass is 386 g/mol. The number of aromatic nitrogens is 3. The molecule has 0 fully saturated rings. The predicted molar refractivity (Wildman–Crippen MR) is 119 cm³/mol. The Bertz CT molecular complexity index is 1010. The molecule has 3 aromatic rings. The van der Waals surface area contributed by atoms with Crippen LogP contribution in [0.2, 0.25) is 0 Å². The number of hydrogen-bond donors (Lipinski definition) is 0. The average Bonchev–Trinajstić information content (AvgIpc) is 3.00. The summed E-state index contributed by atoms with van der Waals surface area (Å²) in [6.07, 6.45) is 10.7. The number of rotatable bonds is 5. The quantitative estimate of drug-likeness (QED) is 0.627. The molecule has 0 bridgehead atoms. The van der Waals surface area contributed by atoms with Crippen molar-refractivity contribution in [2.75, 3.05) is 19.6 Å². The highest BCUT2D eigenvalue weighted by molar-refractivity contribution is 5.94. The second-order valence-corrected chi connectivity index (χ2v) is 8.40. The van der Waals surface area contributed by atoms with Gasteiger partial charge in [0.25, 0.3) is 0 Å². The molecule has 0 radical (unpaired) electrons. The first kappa shape index (κ1) is 18.6. The molecule has 4 nitrogen and oxygen atoms in total. The molecule has 1 aromatic heterocycles. The van der Waals surface area contributed by atoms with Crippen molar-refractivity contribution in [1.29, 1.82) is 0 Å². The first-order valence-electron chi connectivity index (χ1n) is 11.2. The normalized spacial score (nSPS) is 17.7. The van der Waals surface area contributed by atoms with E-state index in [9.17, 15) is 0 Å². The van der Waals surface area contributed by atoms with Crippen molar-refractivity contribution in [3.05, 3.63) is 65.8 Å². The van der Waals surface area contributed by atoms with Crippen LogP contribution in [-0.2, 0) is 19.4 Å². The summed E-state index contributed by atoms with van der Waals surface area (Å²) in [6.45, 7) is 4.45. The smallest absolute Gasteiger partial charge is 0.133 e. The van der Waals surface area contributed by atoms with Crippen LogP contribution in [0.1, 0.15) is 49.3 Å². The molecule has 3 heterocycles. The van der Waals surface area contributed by atoms with Crippen molar-refractivity contribution in [2.45, 2.75) is 51.5 Å². The molecule has 0 amide bonds. The lowest BCUT2D eigenvalue weighted by atomic mass is 9.94. The van der Waals surface area contributed by atoms with E-state index < -0.39 is 0 Å². The van der Waals surface area contributed by atoms with Gasteiger partial charge < -0.3 is 4.57 Å². The summed E-state index contributed by atoms with van der Waals surface area (Å²) in [4.78, 5) is 2.58. The number of nitrogens with zero attached hydrogens (tertiary/aromatic N) is 4. The zero-order chi connectivity index (χ0) is 19.5. The minimum atomic E-state index is 1.05. The third kappa shape index (κ3) is 3.99. The van der Waals surface area contributed by atoms with Crippen LogP contribution in [0.15, 0.2) is 48.5 Å². The van der Waals surface area contributed by atoms with E-state index in [1.54, 1.807) is 0 Å². The van der Waals surface area contributed by atoms with E-state index in [1.165, 1.54) is 52.8 Å². The molecule has 0 atom stereocenters. The van der Waals surface area contributed by atoms with Gasteiger partial charge in [-0.1, -0.05) is 55.0 Å². The predicted octanol–water partition coefficient (Wildman–Crippen LogP) is 4.88. The highest BCUT2D eigenvalue weighted by atomic mass is 15.3. The van der Waals surface area contributed by atoms with E-state index in [-0.39, 0.29) is 0 Å². The van der Waals surface area contributed by atoms with Crippen LogP contribution in [0.4, 0.5) is 0 Å². The Labute approximate surface area is 173 Å². The van der Waals surface area contributed by atoms with Crippen molar-refractivity contribution in [3.8, 4) is 0 Å². The Morgan fingerprint density at radius 2 is 1.79 bits per heavy atom. The van der Waals surface area contributed by atoms with Gasteiger partial charge in [-0.2, -0.15) is 0 Å². The maximum atomic E-state index is 4.49. The molecule has 150 valence electrons. The lowest BCUT2D eigenvalue weighted by Crippen LogP contribution is -2.30. The summed E-state index contributed by atoms with van der Waals surface area (Å²) in [6, 6.07) is 15.4. The molecule has 2 aromatic carbocycles. The first-order chi connectivity index (χ1) is 14.4. The number of aryl methyl sites for hydroxylation is 2. The third-order valence-electron chi connectivity index (χ3n) is 6.49. The van der Waals surface area contributed by atoms with Crippen molar-refractivity contribution in [2.24, 2.45) is 0 Å². The van der Waals surface area contributed by atoms with Crippen molar-refractivity contribution >= 4 is 16.3 Å². The molecule has 2 aliphatic rings. The minimum Gasteiger partial charge on any atom is -0.315 e. The molecule has 0 spiro atoms. The topological polar surface area (TPSA) is 34.0 Å². The van der Waals surface area contributed by atoms with Crippen LogP contribution in [-0.4, -0.2) is 39.3 Å². The lowest BCUT2D eigenvalue weighted by Gasteiger charge is -2.27. The van der Waals surface area contributed by atoms with Gasteiger partial charge in [0.05, 0.1) is 0 Å². The van der Waals surface area contributed by atoms with Gasteiger partial charge in [-0.05, 0) is 54.1 Å². The molecule has 4 heteroatoms. The van der Waals surface area contributed by atoms with Gasteiger partial charge in [0.2, 0.25) is 0 Å².